The molecular formula is C7H14N4S. The van der Waals surface area contributed by atoms with Gasteiger partial charge < -0.3 is 4.90 Å². The number of nitrogens with one attached hydrogen (secondary N) is 1. The molecule has 5 heteroatoms. The predicted molar refractivity (Wildman–Crippen MR) is 52.0 cm³/mol. The molecule has 0 radical (unpaired) electrons. The number of aromatic nitrogens is 3. The van der Waals surface area contributed by atoms with Gasteiger partial charge in [0.2, 0.25) is 5.95 Å². The lowest BCUT2D eigenvalue weighted by atomic mass is 10.5. The molecule has 0 bridgehead atoms. The van der Waals surface area contributed by atoms with Crippen molar-refractivity contribution in [1.82, 2.24) is 14.8 Å². The third kappa shape index (κ3) is 1.50. The van der Waals surface area contributed by atoms with E-state index in [0.717, 1.165) is 19.0 Å². The van der Waals surface area contributed by atoms with Gasteiger partial charge in [-0.1, -0.05) is 0 Å². The van der Waals surface area contributed by atoms with Crippen molar-refractivity contribution in [2.24, 2.45) is 7.05 Å². The van der Waals surface area contributed by atoms with E-state index in [2.05, 4.69) is 28.9 Å². The van der Waals surface area contributed by atoms with Gasteiger partial charge in [0.25, 0.3) is 0 Å². The summed E-state index contributed by atoms with van der Waals surface area (Å²) in [5.74, 6) is 0.907. The molecule has 68 valence electrons. The zero-order valence-electron chi connectivity index (χ0n) is 7.66. The maximum absolute atomic E-state index is 5.01. The SMILES string of the molecule is CCN(CC)c1n[nH]c(=S)n1C. The van der Waals surface area contributed by atoms with E-state index in [1.165, 1.54) is 0 Å². The van der Waals surface area contributed by atoms with Gasteiger partial charge in [-0.2, -0.15) is 0 Å². The molecule has 0 fully saturated rings. The third-order valence-corrected chi connectivity index (χ3v) is 2.27. The highest BCUT2D eigenvalue weighted by molar-refractivity contribution is 7.71. The van der Waals surface area contributed by atoms with Crippen molar-refractivity contribution in [2.45, 2.75) is 13.8 Å². The smallest absolute Gasteiger partial charge is 0.225 e. The fourth-order valence-corrected chi connectivity index (χ4v) is 1.26. The molecule has 1 aromatic rings. The Hall–Kier alpha value is -0.840. The molecule has 0 aliphatic rings. The number of H-pyrrole nitrogens is 1. The third-order valence-electron chi connectivity index (χ3n) is 1.90. The number of anilines is 1. The van der Waals surface area contributed by atoms with Crippen LogP contribution in [-0.2, 0) is 7.05 Å². The van der Waals surface area contributed by atoms with Crippen LogP contribution in [0.1, 0.15) is 13.8 Å². The summed E-state index contributed by atoms with van der Waals surface area (Å²) >= 11 is 5.01. The lowest BCUT2D eigenvalue weighted by molar-refractivity contribution is 0.772. The minimum absolute atomic E-state index is 0.664. The molecule has 1 heterocycles. The normalized spacial score (nSPS) is 10.2. The first-order valence-corrected chi connectivity index (χ1v) is 4.47. The largest absolute Gasteiger partial charge is 0.342 e. The molecule has 12 heavy (non-hydrogen) atoms. The summed E-state index contributed by atoms with van der Waals surface area (Å²) in [4.78, 5) is 2.15. The molecule has 1 N–H and O–H groups in total. The second-order valence-corrected chi connectivity index (χ2v) is 2.95. The van der Waals surface area contributed by atoms with Crippen molar-refractivity contribution in [1.29, 1.82) is 0 Å². The summed E-state index contributed by atoms with van der Waals surface area (Å²) in [5, 5.41) is 6.89. The van der Waals surface area contributed by atoms with E-state index in [0.29, 0.717) is 4.77 Å². The van der Waals surface area contributed by atoms with E-state index in [9.17, 15) is 0 Å². The molecule has 0 spiro atoms. The van der Waals surface area contributed by atoms with Gasteiger partial charge in [0.15, 0.2) is 4.77 Å². The lowest BCUT2D eigenvalue weighted by Gasteiger charge is -2.18. The molecule has 0 saturated heterocycles. The van der Waals surface area contributed by atoms with Gasteiger partial charge in [0, 0.05) is 20.1 Å². The Morgan fingerprint density at radius 2 is 2.08 bits per heavy atom. The maximum atomic E-state index is 5.01. The lowest BCUT2D eigenvalue weighted by Crippen LogP contribution is -2.24. The summed E-state index contributed by atoms with van der Waals surface area (Å²) < 4.78 is 2.54. The first kappa shape index (κ1) is 9.25. The summed E-state index contributed by atoms with van der Waals surface area (Å²) in [5.41, 5.74) is 0. The minimum Gasteiger partial charge on any atom is -0.342 e. The summed E-state index contributed by atoms with van der Waals surface area (Å²) in [7, 11) is 1.92. The van der Waals surface area contributed by atoms with E-state index in [1.54, 1.807) is 0 Å². The van der Waals surface area contributed by atoms with Gasteiger partial charge in [-0.05, 0) is 26.1 Å². The predicted octanol–water partition coefficient (Wildman–Crippen LogP) is 1.32. The van der Waals surface area contributed by atoms with Crippen LogP contribution in [0.5, 0.6) is 0 Å². The Bertz CT molecular complexity index is 297. The van der Waals surface area contributed by atoms with E-state index >= 15 is 0 Å². The van der Waals surface area contributed by atoms with Crippen LogP contribution in [-0.4, -0.2) is 27.9 Å². The fourth-order valence-electron chi connectivity index (χ4n) is 1.13. The molecule has 0 aliphatic carbocycles. The van der Waals surface area contributed by atoms with Crippen LogP contribution in [0, 0.1) is 4.77 Å². The van der Waals surface area contributed by atoms with Gasteiger partial charge >= 0.3 is 0 Å². The van der Waals surface area contributed by atoms with Crippen LogP contribution < -0.4 is 4.90 Å². The monoisotopic (exact) mass is 186 g/mol. The number of aromatic amines is 1. The second-order valence-electron chi connectivity index (χ2n) is 2.56. The number of rotatable bonds is 3. The molecule has 0 saturated carbocycles. The maximum Gasteiger partial charge on any atom is 0.225 e. The second kappa shape index (κ2) is 3.71. The van der Waals surface area contributed by atoms with Crippen LogP contribution in [0.2, 0.25) is 0 Å². The molecule has 0 aliphatic heterocycles. The van der Waals surface area contributed by atoms with Gasteiger partial charge in [-0.3, -0.25) is 4.57 Å². The van der Waals surface area contributed by atoms with Crippen LogP contribution in [0.3, 0.4) is 0 Å². The van der Waals surface area contributed by atoms with E-state index < -0.39 is 0 Å². The van der Waals surface area contributed by atoms with Crippen LogP contribution in [0.25, 0.3) is 0 Å². The molecule has 0 amide bonds. The van der Waals surface area contributed by atoms with E-state index in [1.807, 2.05) is 11.6 Å². The standard InChI is InChI=1S/C7H14N4S/c1-4-11(5-2)6-8-9-7(12)10(6)3/h4-5H2,1-3H3,(H,9,12). The fraction of sp³-hybridized carbons (Fsp3) is 0.714. The topological polar surface area (TPSA) is 36.9 Å². The number of hydrogen-bond donors (Lipinski definition) is 1. The highest BCUT2D eigenvalue weighted by Gasteiger charge is 2.07. The van der Waals surface area contributed by atoms with Crippen LogP contribution >= 0.6 is 12.2 Å². The Morgan fingerprint density at radius 3 is 2.42 bits per heavy atom. The molecule has 0 atom stereocenters. The summed E-state index contributed by atoms with van der Waals surface area (Å²) in [6.45, 7) is 6.09. The molecule has 1 aromatic heterocycles. The average molecular weight is 186 g/mol. The first-order chi connectivity index (χ1) is 5.70. The molecule has 0 aromatic carbocycles. The minimum atomic E-state index is 0.664. The van der Waals surface area contributed by atoms with Crippen molar-refractivity contribution in [2.75, 3.05) is 18.0 Å². The van der Waals surface area contributed by atoms with Gasteiger partial charge in [0.05, 0.1) is 0 Å². The molecular weight excluding hydrogens is 172 g/mol. The highest BCUT2D eigenvalue weighted by Crippen LogP contribution is 2.07. The van der Waals surface area contributed by atoms with E-state index in [4.69, 9.17) is 12.2 Å². The average Bonchev–Trinajstić information content (AvgIpc) is 2.38. The van der Waals surface area contributed by atoms with Crippen molar-refractivity contribution < 1.29 is 0 Å². The van der Waals surface area contributed by atoms with E-state index in [-0.39, 0.29) is 0 Å². The van der Waals surface area contributed by atoms with Crippen molar-refractivity contribution >= 4 is 18.2 Å². The van der Waals surface area contributed by atoms with Crippen molar-refractivity contribution in [3.63, 3.8) is 0 Å². The molecule has 4 nitrogen and oxygen atoms in total. The zero-order chi connectivity index (χ0) is 9.14. The summed E-state index contributed by atoms with van der Waals surface area (Å²) in [6.07, 6.45) is 0. The zero-order valence-corrected chi connectivity index (χ0v) is 8.48. The Morgan fingerprint density at radius 1 is 1.50 bits per heavy atom. The Kier molecular flexibility index (Phi) is 2.86. The molecule has 0 unspecified atom stereocenters. The Labute approximate surface area is 77.2 Å². The first-order valence-electron chi connectivity index (χ1n) is 4.07. The van der Waals surface area contributed by atoms with Crippen LogP contribution in [0.15, 0.2) is 0 Å². The van der Waals surface area contributed by atoms with Gasteiger partial charge in [-0.25, -0.2) is 5.10 Å². The quantitative estimate of drug-likeness (QED) is 0.723. The molecule has 1 rings (SSSR count). The Balaban J connectivity index is 3.01. The van der Waals surface area contributed by atoms with Gasteiger partial charge in [-0.15, -0.1) is 5.10 Å². The number of nitrogens with zero attached hydrogens (tertiary/aromatic N) is 3. The van der Waals surface area contributed by atoms with Gasteiger partial charge in [0.1, 0.15) is 0 Å². The number of hydrogen-bond acceptors (Lipinski definition) is 3. The summed E-state index contributed by atoms with van der Waals surface area (Å²) in [6, 6.07) is 0. The van der Waals surface area contributed by atoms with Crippen LogP contribution in [0.4, 0.5) is 5.95 Å². The van der Waals surface area contributed by atoms with Crippen molar-refractivity contribution in [3.05, 3.63) is 4.77 Å². The highest BCUT2D eigenvalue weighted by atomic mass is 32.1. The van der Waals surface area contributed by atoms with Crippen molar-refractivity contribution in [3.8, 4) is 0 Å².